The first-order valence-electron chi connectivity index (χ1n) is 9.07. The predicted octanol–water partition coefficient (Wildman–Crippen LogP) is 3.26. The molecule has 0 aromatic carbocycles. The van der Waals surface area contributed by atoms with Crippen molar-refractivity contribution in [2.45, 2.75) is 38.5 Å². The Labute approximate surface area is 152 Å². The molecule has 4 fully saturated rings. The van der Waals surface area contributed by atoms with Gasteiger partial charge in [-0.3, -0.25) is 9.59 Å². The average Bonchev–Trinajstić information content (AvgIpc) is 2.58. The van der Waals surface area contributed by atoms with Gasteiger partial charge < -0.3 is 10.1 Å². The van der Waals surface area contributed by atoms with Crippen molar-refractivity contribution < 1.29 is 14.3 Å². The van der Waals surface area contributed by atoms with Gasteiger partial charge in [0.1, 0.15) is 6.61 Å². The summed E-state index contributed by atoms with van der Waals surface area (Å²) in [7, 11) is 0. The molecule has 0 aliphatic heterocycles. The zero-order valence-corrected chi connectivity index (χ0v) is 14.9. The summed E-state index contributed by atoms with van der Waals surface area (Å²) in [4.78, 5) is 27.0. The largest absolute Gasteiger partial charge is 0.470 e. The molecule has 1 aromatic heterocycles. The highest BCUT2D eigenvalue weighted by Gasteiger charge is 2.50. The van der Waals surface area contributed by atoms with E-state index in [0.717, 1.165) is 24.3 Å². The van der Waals surface area contributed by atoms with E-state index >= 15 is 0 Å². The number of aldehydes is 1. The number of ether oxygens (including phenoxy) is 1. The summed E-state index contributed by atoms with van der Waals surface area (Å²) in [6.45, 7) is 0.626. The lowest BCUT2D eigenvalue weighted by Gasteiger charge is -2.56. The van der Waals surface area contributed by atoms with Gasteiger partial charge in [-0.05, 0) is 61.7 Å². The number of carbonyl (C=O) groups excluding carboxylic acids is 2. The summed E-state index contributed by atoms with van der Waals surface area (Å²) in [6, 6.07) is 1.50. The molecule has 1 aromatic rings. The van der Waals surface area contributed by atoms with Gasteiger partial charge in [0.15, 0.2) is 6.29 Å². The molecule has 4 saturated carbocycles. The normalized spacial score (nSPS) is 32.4. The summed E-state index contributed by atoms with van der Waals surface area (Å²) in [5.74, 6) is 2.61. The molecule has 4 aliphatic rings. The van der Waals surface area contributed by atoms with Crippen molar-refractivity contribution in [3.8, 4) is 5.88 Å². The van der Waals surface area contributed by atoms with Crippen LogP contribution in [0, 0.1) is 23.2 Å². The van der Waals surface area contributed by atoms with Crippen molar-refractivity contribution in [3.05, 3.63) is 22.8 Å². The molecule has 0 saturated heterocycles. The van der Waals surface area contributed by atoms with Crippen LogP contribution in [0.2, 0.25) is 5.02 Å². The minimum atomic E-state index is -0.195. The van der Waals surface area contributed by atoms with E-state index in [1.165, 1.54) is 50.8 Å². The van der Waals surface area contributed by atoms with Crippen molar-refractivity contribution in [2.75, 3.05) is 13.2 Å². The van der Waals surface area contributed by atoms with Gasteiger partial charge in [-0.25, -0.2) is 4.98 Å². The van der Waals surface area contributed by atoms with Crippen molar-refractivity contribution >= 4 is 23.8 Å². The second kappa shape index (κ2) is 6.60. The third kappa shape index (κ3) is 3.39. The highest BCUT2D eigenvalue weighted by atomic mass is 35.5. The molecular formula is C19H23ClN2O3. The van der Waals surface area contributed by atoms with Gasteiger partial charge in [-0.1, -0.05) is 11.6 Å². The minimum absolute atomic E-state index is 0.0943. The monoisotopic (exact) mass is 362 g/mol. The van der Waals surface area contributed by atoms with Crippen molar-refractivity contribution in [1.82, 2.24) is 10.3 Å². The van der Waals surface area contributed by atoms with Crippen LogP contribution in [-0.4, -0.2) is 30.3 Å². The first kappa shape index (κ1) is 16.8. The van der Waals surface area contributed by atoms with Gasteiger partial charge in [0.2, 0.25) is 5.88 Å². The molecule has 1 heterocycles. The van der Waals surface area contributed by atoms with Crippen molar-refractivity contribution in [1.29, 1.82) is 0 Å². The Morgan fingerprint density at radius 3 is 2.52 bits per heavy atom. The van der Waals surface area contributed by atoms with Crippen LogP contribution in [0.3, 0.4) is 0 Å². The van der Waals surface area contributed by atoms with Crippen LogP contribution in [0.25, 0.3) is 0 Å². The topological polar surface area (TPSA) is 68.3 Å². The fourth-order valence-electron chi connectivity index (χ4n) is 5.66. The summed E-state index contributed by atoms with van der Waals surface area (Å²) < 4.78 is 5.16. The van der Waals surface area contributed by atoms with E-state index in [4.69, 9.17) is 16.3 Å². The molecule has 0 unspecified atom stereocenters. The quantitative estimate of drug-likeness (QED) is 0.789. The average molecular weight is 363 g/mol. The molecule has 134 valence electrons. The molecule has 0 radical (unpaired) electrons. The molecule has 5 rings (SSSR count). The number of pyridine rings is 1. The maximum atomic E-state index is 12.6. The molecule has 6 heteroatoms. The maximum absolute atomic E-state index is 12.6. The number of hydrogen-bond donors (Lipinski definition) is 1. The molecule has 0 atom stereocenters. The number of aromatic nitrogens is 1. The first-order valence-corrected chi connectivity index (χ1v) is 9.45. The second-order valence-corrected chi connectivity index (χ2v) is 8.49. The Bertz CT molecular complexity index is 656. The zero-order valence-electron chi connectivity index (χ0n) is 14.2. The fourth-order valence-corrected chi connectivity index (χ4v) is 5.85. The third-order valence-electron chi connectivity index (χ3n) is 6.16. The van der Waals surface area contributed by atoms with Crippen molar-refractivity contribution in [2.24, 2.45) is 23.2 Å². The number of rotatable bonds is 6. The number of hydrogen-bond acceptors (Lipinski definition) is 4. The summed E-state index contributed by atoms with van der Waals surface area (Å²) in [5, 5.41) is 3.40. The van der Waals surface area contributed by atoms with Crippen LogP contribution >= 0.6 is 11.6 Å². The van der Waals surface area contributed by atoms with Crippen LogP contribution in [0.1, 0.15) is 48.9 Å². The molecule has 25 heavy (non-hydrogen) atoms. The lowest BCUT2D eigenvalue weighted by molar-refractivity contribution is -0.109. The van der Waals surface area contributed by atoms with Crippen LogP contribution < -0.4 is 10.1 Å². The number of halogens is 1. The van der Waals surface area contributed by atoms with E-state index in [1.807, 2.05) is 0 Å². The summed E-state index contributed by atoms with van der Waals surface area (Å²) in [5.41, 5.74) is 0.628. The number of carbonyl (C=O) groups is 2. The Balaban J connectivity index is 1.43. The van der Waals surface area contributed by atoms with Crippen LogP contribution in [0.4, 0.5) is 0 Å². The van der Waals surface area contributed by atoms with E-state index in [0.29, 0.717) is 16.9 Å². The minimum Gasteiger partial charge on any atom is -0.470 e. The van der Waals surface area contributed by atoms with Crippen molar-refractivity contribution in [3.63, 3.8) is 0 Å². The highest BCUT2D eigenvalue weighted by Crippen LogP contribution is 2.59. The van der Waals surface area contributed by atoms with Crippen LogP contribution in [0.5, 0.6) is 5.88 Å². The van der Waals surface area contributed by atoms with E-state index in [9.17, 15) is 9.59 Å². The molecule has 1 amide bonds. The van der Waals surface area contributed by atoms with E-state index in [-0.39, 0.29) is 23.8 Å². The third-order valence-corrected chi connectivity index (χ3v) is 6.46. The summed E-state index contributed by atoms with van der Waals surface area (Å²) in [6.07, 6.45) is 9.94. The lowest BCUT2D eigenvalue weighted by atomic mass is 9.49. The molecule has 5 nitrogen and oxygen atoms in total. The Morgan fingerprint density at radius 2 is 1.92 bits per heavy atom. The Kier molecular flexibility index (Phi) is 4.44. The predicted molar refractivity (Wildman–Crippen MR) is 93.7 cm³/mol. The number of nitrogens with one attached hydrogen (secondary N) is 1. The molecule has 4 aliphatic carbocycles. The molecular weight excluding hydrogens is 340 g/mol. The van der Waals surface area contributed by atoms with Gasteiger partial charge >= 0.3 is 0 Å². The van der Waals surface area contributed by atoms with Gasteiger partial charge in [0.25, 0.3) is 5.91 Å². The van der Waals surface area contributed by atoms with Crippen LogP contribution in [-0.2, 0) is 4.79 Å². The zero-order chi connectivity index (χ0) is 17.4. The van der Waals surface area contributed by atoms with Gasteiger partial charge in [0, 0.05) is 12.6 Å². The Morgan fingerprint density at radius 1 is 1.28 bits per heavy atom. The molecule has 0 spiro atoms. The summed E-state index contributed by atoms with van der Waals surface area (Å²) >= 11 is 6.13. The molecule has 4 bridgehead atoms. The van der Waals surface area contributed by atoms with E-state index in [2.05, 4.69) is 10.3 Å². The van der Waals surface area contributed by atoms with E-state index in [1.54, 1.807) is 0 Å². The number of nitrogens with zero attached hydrogens (tertiary/aromatic N) is 1. The Hall–Kier alpha value is -1.62. The lowest BCUT2D eigenvalue weighted by Crippen LogP contribution is -2.51. The van der Waals surface area contributed by atoms with Gasteiger partial charge in [-0.15, -0.1) is 0 Å². The fraction of sp³-hybridized carbons (Fsp3) is 0.632. The standard InChI is InChI=1S/C19H23ClN2O3/c20-16-10-21-17(25-2-1-23)6-15(16)18(24)22-11-19-7-12-3-13(8-19)5-14(4-12)9-19/h1,6,10,12-14H,2-5,7-9,11H2,(H,22,24). The number of amides is 1. The molecule has 1 N–H and O–H groups in total. The van der Waals surface area contributed by atoms with Gasteiger partial charge in [-0.2, -0.15) is 0 Å². The maximum Gasteiger partial charge on any atom is 0.253 e. The van der Waals surface area contributed by atoms with Crippen LogP contribution in [0.15, 0.2) is 12.3 Å². The van der Waals surface area contributed by atoms with E-state index < -0.39 is 0 Å². The smallest absolute Gasteiger partial charge is 0.253 e. The first-order chi connectivity index (χ1) is 12.1. The SMILES string of the molecule is O=CCOc1cc(C(=O)NCC23CC4CC(CC(C4)C2)C3)c(Cl)cn1. The second-order valence-electron chi connectivity index (χ2n) is 8.08. The van der Waals surface area contributed by atoms with Gasteiger partial charge in [0.05, 0.1) is 16.8 Å². The highest BCUT2D eigenvalue weighted by molar-refractivity contribution is 6.33.